The van der Waals surface area contributed by atoms with Crippen LogP contribution in [0.3, 0.4) is 0 Å². The Kier molecular flexibility index (Phi) is 6.27. The second kappa shape index (κ2) is 8.66. The van der Waals surface area contributed by atoms with E-state index in [1.807, 2.05) is 24.3 Å². The first-order chi connectivity index (χ1) is 13.0. The first-order valence-corrected chi connectivity index (χ1v) is 10.7. The Bertz CT molecular complexity index is 802. The number of hydrogen-bond acceptors (Lipinski definition) is 2. The molecule has 0 aromatic heterocycles. The fourth-order valence-electron chi connectivity index (χ4n) is 3.20. The van der Waals surface area contributed by atoms with Crippen LogP contribution in [0.4, 0.5) is 0 Å². The van der Waals surface area contributed by atoms with Crippen molar-refractivity contribution in [2.75, 3.05) is 0 Å². The van der Waals surface area contributed by atoms with Gasteiger partial charge in [0.25, 0.3) is 9.04 Å². The first-order valence-electron chi connectivity index (χ1n) is 9.33. The van der Waals surface area contributed by atoms with E-state index in [2.05, 4.69) is 81.4 Å². The summed E-state index contributed by atoms with van der Waals surface area (Å²) >= 11 is 0. The van der Waals surface area contributed by atoms with Gasteiger partial charge in [0.15, 0.2) is 0 Å². The quantitative estimate of drug-likeness (QED) is 0.658. The second-order valence-corrected chi connectivity index (χ2v) is 9.88. The first kappa shape index (κ1) is 19.6. The topological polar surface area (TPSA) is 29.5 Å². The Morgan fingerprint density at radius 3 is 1.85 bits per heavy atom. The van der Waals surface area contributed by atoms with Crippen molar-refractivity contribution in [2.24, 2.45) is 5.41 Å². The summed E-state index contributed by atoms with van der Waals surface area (Å²) in [5, 5.41) is 12.0. The van der Waals surface area contributed by atoms with Crippen LogP contribution >= 0.6 is 0 Å². The molecule has 1 atom stereocenters. The third-order valence-corrected chi connectivity index (χ3v) is 6.72. The van der Waals surface area contributed by atoms with Gasteiger partial charge in [0.1, 0.15) is 0 Å². The summed E-state index contributed by atoms with van der Waals surface area (Å²) in [4.78, 5) is 0. The Hall–Kier alpha value is -2.20. The molecular formula is C24H27O2Si. The number of hydrogen-bond donors (Lipinski definition) is 1. The van der Waals surface area contributed by atoms with Gasteiger partial charge in [-0.05, 0) is 26.9 Å². The fourth-order valence-corrected chi connectivity index (χ4v) is 5.52. The summed E-state index contributed by atoms with van der Waals surface area (Å²) in [6, 6.07) is 29.1. The van der Waals surface area contributed by atoms with E-state index in [1.165, 1.54) is 10.4 Å². The molecule has 3 aromatic rings. The molecule has 2 nitrogen and oxygen atoms in total. The monoisotopic (exact) mass is 375 g/mol. The molecule has 27 heavy (non-hydrogen) atoms. The molecule has 0 saturated heterocycles. The van der Waals surface area contributed by atoms with Crippen LogP contribution in [0, 0.1) is 5.41 Å². The zero-order valence-electron chi connectivity index (χ0n) is 16.2. The normalized spacial score (nSPS) is 12.9. The van der Waals surface area contributed by atoms with E-state index in [9.17, 15) is 5.11 Å². The van der Waals surface area contributed by atoms with E-state index in [1.54, 1.807) is 0 Å². The second-order valence-electron chi connectivity index (χ2n) is 7.83. The van der Waals surface area contributed by atoms with Crippen molar-refractivity contribution in [3.8, 4) is 0 Å². The van der Waals surface area contributed by atoms with Crippen LogP contribution in [0.1, 0.15) is 38.0 Å². The SMILES string of the molecule is CC(C)(C)C(O[Si](c1ccccc1)c1ccccc1)c1cccc(CO)c1. The summed E-state index contributed by atoms with van der Waals surface area (Å²) in [6.07, 6.45) is -0.0710. The minimum Gasteiger partial charge on any atom is -0.400 e. The highest BCUT2D eigenvalue weighted by atomic mass is 28.3. The van der Waals surface area contributed by atoms with E-state index in [-0.39, 0.29) is 18.1 Å². The van der Waals surface area contributed by atoms with Gasteiger partial charge in [0.2, 0.25) is 0 Å². The van der Waals surface area contributed by atoms with Crippen molar-refractivity contribution in [1.82, 2.24) is 0 Å². The largest absolute Gasteiger partial charge is 0.400 e. The Balaban J connectivity index is 2.02. The predicted octanol–water partition coefficient (Wildman–Crippen LogP) is 4.09. The number of aliphatic hydroxyl groups excluding tert-OH is 1. The Labute approximate surface area is 164 Å². The lowest BCUT2D eigenvalue weighted by atomic mass is 9.84. The van der Waals surface area contributed by atoms with Crippen LogP contribution in [-0.4, -0.2) is 14.1 Å². The summed E-state index contributed by atoms with van der Waals surface area (Å²) < 4.78 is 6.89. The van der Waals surface area contributed by atoms with E-state index in [0.29, 0.717) is 0 Å². The third-order valence-electron chi connectivity index (χ3n) is 4.53. The van der Waals surface area contributed by atoms with Gasteiger partial charge in [-0.1, -0.05) is 106 Å². The molecule has 0 heterocycles. The van der Waals surface area contributed by atoms with E-state index < -0.39 is 9.04 Å². The van der Waals surface area contributed by atoms with Gasteiger partial charge in [0, 0.05) is 0 Å². The Morgan fingerprint density at radius 2 is 1.37 bits per heavy atom. The number of aliphatic hydroxyl groups is 1. The highest BCUT2D eigenvalue weighted by Crippen LogP contribution is 2.36. The molecule has 0 fully saturated rings. The average Bonchev–Trinajstić information content (AvgIpc) is 2.69. The molecule has 0 amide bonds. The van der Waals surface area contributed by atoms with Gasteiger partial charge in [-0.3, -0.25) is 0 Å². The molecule has 0 saturated carbocycles. The predicted molar refractivity (Wildman–Crippen MR) is 114 cm³/mol. The lowest BCUT2D eigenvalue weighted by Gasteiger charge is -2.34. The molecular weight excluding hydrogens is 348 g/mol. The van der Waals surface area contributed by atoms with Crippen LogP contribution in [-0.2, 0) is 11.0 Å². The van der Waals surface area contributed by atoms with Gasteiger partial charge in [-0.25, -0.2) is 0 Å². The lowest BCUT2D eigenvalue weighted by Crippen LogP contribution is -2.47. The average molecular weight is 376 g/mol. The van der Waals surface area contributed by atoms with Gasteiger partial charge in [0.05, 0.1) is 12.7 Å². The van der Waals surface area contributed by atoms with Crippen molar-refractivity contribution in [3.63, 3.8) is 0 Å². The molecule has 0 spiro atoms. The maximum Gasteiger partial charge on any atom is 0.283 e. The molecule has 3 aromatic carbocycles. The molecule has 1 radical (unpaired) electrons. The highest BCUT2D eigenvalue weighted by Gasteiger charge is 2.32. The molecule has 0 bridgehead atoms. The van der Waals surface area contributed by atoms with Gasteiger partial charge in [-0.15, -0.1) is 0 Å². The maximum absolute atomic E-state index is 9.55. The molecule has 0 aliphatic rings. The fraction of sp³-hybridized carbons (Fsp3) is 0.250. The molecule has 3 heteroatoms. The molecule has 1 unspecified atom stereocenters. The van der Waals surface area contributed by atoms with Crippen molar-refractivity contribution in [3.05, 3.63) is 96.1 Å². The van der Waals surface area contributed by atoms with E-state index in [0.717, 1.165) is 11.1 Å². The zero-order valence-corrected chi connectivity index (χ0v) is 17.2. The van der Waals surface area contributed by atoms with Crippen LogP contribution in [0.25, 0.3) is 0 Å². The van der Waals surface area contributed by atoms with Crippen molar-refractivity contribution < 1.29 is 9.53 Å². The summed E-state index contributed by atoms with van der Waals surface area (Å²) in [5.41, 5.74) is 1.95. The summed E-state index contributed by atoms with van der Waals surface area (Å²) in [7, 11) is -1.41. The van der Waals surface area contributed by atoms with Crippen molar-refractivity contribution >= 4 is 19.4 Å². The van der Waals surface area contributed by atoms with E-state index in [4.69, 9.17) is 4.43 Å². The molecule has 0 aliphatic carbocycles. The van der Waals surface area contributed by atoms with Crippen molar-refractivity contribution in [2.45, 2.75) is 33.5 Å². The third kappa shape index (κ3) is 4.95. The zero-order chi connectivity index (χ0) is 19.3. The van der Waals surface area contributed by atoms with Gasteiger partial charge in [-0.2, -0.15) is 0 Å². The van der Waals surface area contributed by atoms with Crippen LogP contribution in [0.5, 0.6) is 0 Å². The van der Waals surface area contributed by atoms with Gasteiger partial charge >= 0.3 is 0 Å². The van der Waals surface area contributed by atoms with Crippen LogP contribution in [0.2, 0.25) is 0 Å². The van der Waals surface area contributed by atoms with Crippen LogP contribution < -0.4 is 10.4 Å². The minimum atomic E-state index is -1.41. The van der Waals surface area contributed by atoms with Gasteiger partial charge < -0.3 is 9.53 Å². The van der Waals surface area contributed by atoms with Crippen molar-refractivity contribution in [1.29, 1.82) is 0 Å². The standard InChI is InChI=1S/C24H27O2Si/c1-24(2,3)23(20-12-10-11-19(17-20)18-25)26-27(21-13-6-4-7-14-21)22-15-8-5-9-16-22/h4-17,23,25H,18H2,1-3H3. The number of rotatable bonds is 6. The molecule has 139 valence electrons. The van der Waals surface area contributed by atoms with E-state index >= 15 is 0 Å². The Morgan fingerprint density at radius 1 is 0.815 bits per heavy atom. The number of benzene rings is 3. The smallest absolute Gasteiger partial charge is 0.283 e. The lowest BCUT2D eigenvalue weighted by molar-refractivity contribution is 0.0895. The van der Waals surface area contributed by atoms with Crippen LogP contribution in [0.15, 0.2) is 84.9 Å². The molecule has 0 aliphatic heterocycles. The molecule has 1 N–H and O–H groups in total. The highest BCUT2D eigenvalue weighted by molar-refractivity contribution is 6.80. The molecule has 3 rings (SSSR count). The minimum absolute atomic E-state index is 0.0416. The summed E-state index contributed by atoms with van der Waals surface area (Å²) in [5.74, 6) is 0. The summed E-state index contributed by atoms with van der Waals surface area (Å²) in [6.45, 7) is 6.66. The maximum atomic E-state index is 9.55.